The molecule has 278 valence electrons. The minimum Gasteiger partial charge on any atom is -0.310 e. The fourth-order valence-electron chi connectivity index (χ4n) is 8.52. The highest BCUT2D eigenvalue weighted by Gasteiger charge is 2.22. The molecule has 4 nitrogen and oxygen atoms in total. The van der Waals surface area contributed by atoms with Crippen molar-refractivity contribution in [2.24, 2.45) is 14.1 Å². The lowest BCUT2D eigenvalue weighted by molar-refractivity contribution is -0.671. The van der Waals surface area contributed by atoms with E-state index in [1.54, 1.807) is 0 Å². The van der Waals surface area contributed by atoms with E-state index < -0.39 is 0 Å². The Morgan fingerprint density at radius 3 is 1.26 bits per heavy atom. The van der Waals surface area contributed by atoms with Crippen LogP contribution in [-0.2, 0) is 14.1 Å². The number of nitrogens with zero attached hydrogens (tertiary/aromatic N) is 4. The number of benzene rings is 7. The summed E-state index contributed by atoms with van der Waals surface area (Å²) in [6.07, 6.45) is 15.3. The second-order valence-electron chi connectivity index (χ2n) is 15.2. The summed E-state index contributed by atoms with van der Waals surface area (Å²) >= 11 is 0. The van der Waals surface area contributed by atoms with Crippen LogP contribution in [0.3, 0.4) is 0 Å². The Kier molecular flexibility index (Phi) is 9.08. The molecule has 0 aliphatic heterocycles. The number of aryl methyl sites for hydroxylation is 2. The summed E-state index contributed by atoms with van der Waals surface area (Å²) in [6, 6.07) is 62.1. The highest BCUT2D eigenvalue weighted by Crippen LogP contribution is 2.43. The van der Waals surface area contributed by atoms with Gasteiger partial charge in [0.1, 0.15) is 14.1 Å². The molecular formula is C54H44N4+2. The zero-order chi connectivity index (χ0) is 39.0. The van der Waals surface area contributed by atoms with E-state index in [0.717, 1.165) is 35.6 Å². The largest absolute Gasteiger partial charge is 0.310 e. The predicted molar refractivity (Wildman–Crippen MR) is 241 cm³/mol. The summed E-state index contributed by atoms with van der Waals surface area (Å²) in [5.41, 5.74) is 11.6. The highest BCUT2D eigenvalue weighted by atomic mass is 15.1. The second kappa shape index (κ2) is 15.0. The zero-order valence-corrected chi connectivity index (χ0v) is 32.8. The number of rotatable bonds is 8. The number of pyridine rings is 2. The number of fused-ring (bicyclic) bond motifs is 5. The van der Waals surface area contributed by atoms with Crippen LogP contribution in [0.2, 0.25) is 0 Å². The number of para-hydroxylation sites is 2. The first-order valence-electron chi connectivity index (χ1n) is 20.1. The summed E-state index contributed by atoms with van der Waals surface area (Å²) in [5, 5.41) is 7.51. The molecule has 10 rings (SSSR count). The molecular weight excluding hydrogens is 705 g/mol. The van der Waals surface area contributed by atoms with E-state index in [1.807, 2.05) is 0 Å². The summed E-state index contributed by atoms with van der Waals surface area (Å²) in [6.45, 7) is 0. The van der Waals surface area contributed by atoms with Gasteiger partial charge in [-0.15, -0.1) is 0 Å². The Labute approximate surface area is 339 Å². The topological polar surface area (TPSA) is 14.2 Å². The normalized spacial score (nSPS) is 12.1. The van der Waals surface area contributed by atoms with Crippen molar-refractivity contribution < 1.29 is 9.13 Å². The van der Waals surface area contributed by atoms with E-state index >= 15 is 0 Å². The minimum absolute atomic E-state index is 0.995. The smallest absolute Gasteiger partial charge is 0.169 e. The lowest BCUT2D eigenvalue weighted by Gasteiger charge is -2.29. The fraction of sp³-hybridized carbons (Fsp3) is 0.0741. The third-order valence-corrected chi connectivity index (χ3v) is 11.5. The third kappa shape index (κ3) is 6.49. The number of anilines is 6. The van der Waals surface area contributed by atoms with Crippen molar-refractivity contribution in [1.29, 1.82) is 0 Å². The van der Waals surface area contributed by atoms with E-state index in [9.17, 15) is 0 Å². The van der Waals surface area contributed by atoms with Gasteiger partial charge in [0.05, 0.1) is 11.4 Å². The Hall–Kier alpha value is -7.30. The Balaban J connectivity index is 1.21. The van der Waals surface area contributed by atoms with E-state index in [1.165, 1.54) is 65.6 Å². The molecule has 0 amide bonds. The standard InChI is InChI=1S/C54H44N4/c1-55-33-29-41(30-34-55)39-21-25-45(26-22-39)58(46-27-23-40(24-28-46)42-31-35-56(2)36-32-42)54-38-52-47-17-9-11-19-49(47)53(37-51(52)48-18-10-12-20-50(48)54)57(43-13-5-3-6-14-43)44-15-7-4-8-16-44/h3-9,11,13-38H,10,12H2,1-2H3/q+2. The number of aromatic nitrogens is 2. The average molecular weight is 749 g/mol. The Morgan fingerprint density at radius 1 is 0.345 bits per heavy atom. The molecule has 0 N–H and O–H groups in total. The van der Waals surface area contributed by atoms with E-state index in [2.05, 4.69) is 240 Å². The van der Waals surface area contributed by atoms with Crippen LogP contribution < -0.4 is 29.4 Å². The van der Waals surface area contributed by atoms with Gasteiger partial charge in [-0.1, -0.05) is 97.1 Å². The minimum atomic E-state index is 0.995. The van der Waals surface area contributed by atoms with Crippen molar-refractivity contribution in [3.05, 3.63) is 205 Å². The third-order valence-electron chi connectivity index (χ3n) is 11.5. The first kappa shape index (κ1) is 35.1. The lowest BCUT2D eigenvalue weighted by atomic mass is 9.93. The molecule has 2 heterocycles. The molecule has 9 aromatic rings. The Morgan fingerprint density at radius 2 is 0.741 bits per heavy atom. The zero-order valence-electron chi connectivity index (χ0n) is 32.8. The van der Waals surface area contributed by atoms with Crippen molar-refractivity contribution in [3.63, 3.8) is 0 Å². The van der Waals surface area contributed by atoms with E-state index in [-0.39, 0.29) is 0 Å². The first-order valence-corrected chi connectivity index (χ1v) is 20.1. The van der Waals surface area contributed by atoms with Crippen molar-refractivity contribution in [1.82, 2.24) is 0 Å². The summed E-state index contributed by atoms with van der Waals surface area (Å²) in [5.74, 6) is 0. The molecule has 1 aliphatic carbocycles. The molecule has 0 spiro atoms. The van der Waals surface area contributed by atoms with Crippen molar-refractivity contribution >= 4 is 67.8 Å². The van der Waals surface area contributed by atoms with Crippen molar-refractivity contribution in [3.8, 4) is 22.3 Å². The molecule has 0 saturated heterocycles. The molecule has 0 unspecified atom stereocenters. The SMILES string of the molecule is C[n+]1ccc(-c2ccc(N(c3ccc(-c4cc[n+](C)cc4)cc3)c3cc4c(cc(N(c5ccccc5)c5ccccc5)c5ccccc54)c4c3=CCCC=4)cc2)cc1. The second-order valence-corrected chi connectivity index (χ2v) is 15.2. The molecule has 2 aromatic heterocycles. The van der Waals surface area contributed by atoms with Crippen molar-refractivity contribution in [2.75, 3.05) is 9.80 Å². The monoisotopic (exact) mass is 748 g/mol. The van der Waals surface area contributed by atoms with E-state index in [0.29, 0.717) is 0 Å². The van der Waals surface area contributed by atoms with Gasteiger partial charge in [-0.3, -0.25) is 0 Å². The van der Waals surface area contributed by atoms with Crippen molar-refractivity contribution in [2.45, 2.75) is 12.8 Å². The Bertz CT molecular complexity index is 2900. The number of hydrogen-bond donors (Lipinski definition) is 0. The molecule has 0 atom stereocenters. The number of hydrogen-bond acceptors (Lipinski definition) is 2. The maximum Gasteiger partial charge on any atom is 0.169 e. The van der Waals surface area contributed by atoms with Crippen LogP contribution in [0.25, 0.3) is 56.0 Å². The molecule has 7 aromatic carbocycles. The summed E-state index contributed by atoms with van der Waals surface area (Å²) in [4.78, 5) is 4.86. The molecule has 0 fully saturated rings. The quantitative estimate of drug-likeness (QED) is 0.113. The molecule has 1 aliphatic rings. The lowest BCUT2D eigenvalue weighted by Crippen LogP contribution is -2.33. The van der Waals surface area contributed by atoms with Crippen LogP contribution >= 0.6 is 0 Å². The first-order chi connectivity index (χ1) is 28.6. The molecule has 0 radical (unpaired) electrons. The fourth-order valence-corrected chi connectivity index (χ4v) is 8.52. The van der Waals surface area contributed by atoms with Crippen LogP contribution in [0.15, 0.2) is 195 Å². The van der Waals surface area contributed by atoms with Gasteiger partial charge in [0.2, 0.25) is 0 Å². The van der Waals surface area contributed by atoms with Gasteiger partial charge in [-0.2, -0.15) is 0 Å². The summed E-state index contributed by atoms with van der Waals surface area (Å²) < 4.78 is 4.14. The highest BCUT2D eigenvalue weighted by molar-refractivity contribution is 6.16. The van der Waals surface area contributed by atoms with Gasteiger partial charge in [0, 0.05) is 57.6 Å². The van der Waals surface area contributed by atoms with Gasteiger partial charge in [0.15, 0.2) is 24.8 Å². The van der Waals surface area contributed by atoms with Crippen LogP contribution in [0.4, 0.5) is 34.1 Å². The van der Waals surface area contributed by atoms with Crippen LogP contribution in [0, 0.1) is 0 Å². The molecule has 0 bridgehead atoms. The molecule has 58 heavy (non-hydrogen) atoms. The van der Waals surface area contributed by atoms with Gasteiger partial charge in [-0.25, -0.2) is 9.13 Å². The van der Waals surface area contributed by atoms with Gasteiger partial charge in [0.25, 0.3) is 0 Å². The average Bonchev–Trinajstić information content (AvgIpc) is 3.28. The van der Waals surface area contributed by atoms with Crippen LogP contribution in [0.5, 0.6) is 0 Å². The molecule has 4 heteroatoms. The van der Waals surface area contributed by atoms with Crippen LogP contribution in [0.1, 0.15) is 12.8 Å². The van der Waals surface area contributed by atoms with E-state index in [4.69, 9.17) is 0 Å². The van der Waals surface area contributed by atoms with Gasteiger partial charge in [-0.05, 0) is 117 Å². The van der Waals surface area contributed by atoms with Crippen LogP contribution in [-0.4, -0.2) is 0 Å². The summed E-state index contributed by atoms with van der Waals surface area (Å²) in [7, 11) is 4.11. The van der Waals surface area contributed by atoms with Gasteiger partial charge >= 0.3 is 0 Å². The predicted octanol–water partition coefficient (Wildman–Crippen LogP) is 11.3. The molecule has 0 saturated carbocycles. The maximum absolute atomic E-state index is 2.46. The van der Waals surface area contributed by atoms with Gasteiger partial charge < -0.3 is 9.80 Å². The maximum atomic E-state index is 2.46.